The summed E-state index contributed by atoms with van der Waals surface area (Å²) < 4.78 is 5.45. The molecule has 0 spiro atoms. The summed E-state index contributed by atoms with van der Waals surface area (Å²) in [6.07, 6.45) is 18.2. The van der Waals surface area contributed by atoms with E-state index in [2.05, 4.69) is 24.1 Å². The number of carbonyl (C=O) groups is 2. The molecule has 0 aliphatic carbocycles. The Morgan fingerprint density at radius 1 is 0.568 bits per heavy atom. The molecule has 0 heterocycles. The molecule has 0 N–H and O–H groups in total. The van der Waals surface area contributed by atoms with Gasteiger partial charge in [-0.15, -0.1) is 0 Å². The summed E-state index contributed by atoms with van der Waals surface area (Å²) in [5.41, 5.74) is 2.07. The second kappa shape index (κ2) is 19.3. The third-order valence-electron chi connectivity index (χ3n) is 6.53. The van der Waals surface area contributed by atoms with Gasteiger partial charge in [0.05, 0.1) is 11.4 Å². The van der Waals surface area contributed by atoms with Gasteiger partial charge in [-0.2, -0.15) is 10.2 Å². The van der Waals surface area contributed by atoms with Crippen LogP contribution in [-0.4, -0.2) is 11.8 Å². The zero-order valence-corrected chi connectivity index (χ0v) is 23.1. The standard InChI is InChI=1S/C32H46N2O3/c1-3-5-7-8-9-10-11-12-13-14-15-16-18-32(36)37-30-25-23-29(24-26-30)34-33-28-21-19-27(20-22-28)31(35)17-6-4-2/h19-26H,3-18H2,1-2H3. The quantitative estimate of drug-likeness (QED) is 0.0589. The molecular formula is C32H46N2O3. The number of ketones is 1. The Kier molecular flexibility index (Phi) is 15.9. The highest BCUT2D eigenvalue weighted by molar-refractivity contribution is 5.96. The molecule has 5 heteroatoms. The lowest BCUT2D eigenvalue weighted by molar-refractivity contribution is -0.134. The first-order valence-electron chi connectivity index (χ1n) is 14.5. The van der Waals surface area contributed by atoms with Gasteiger partial charge in [0.15, 0.2) is 5.78 Å². The Morgan fingerprint density at radius 3 is 1.54 bits per heavy atom. The summed E-state index contributed by atoms with van der Waals surface area (Å²) in [6, 6.07) is 14.2. The van der Waals surface area contributed by atoms with E-state index in [1.54, 1.807) is 48.5 Å². The molecule has 0 fully saturated rings. The molecule has 37 heavy (non-hydrogen) atoms. The number of carbonyl (C=O) groups excluding carboxylic acids is 2. The second-order valence-corrected chi connectivity index (χ2v) is 9.88. The van der Waals surface area contributed by atoms with Gasteiger partial charge in [-0.3, -0.25) is 9.59 Å². The van der Waals surface area contributed by atoms with Crippen molar-refractivity contribution in [2.24, 2.45) is 10.2 Å². The molecule has 0 aromatic heterocycles. The Bertz CT molecular complexity index is 920. The molecule has 0 aliphatic heterocycles. The van der Waals surface area contributed by atoms with Crippen molar-refractivity contribution in [1.82, 2.24) is 0 Å². The van der Waals surface area contributed by atoms with Gasteiger partial charge in [-0.1, -0.05) is 90.9 Å². The Labute approximate surface area is 224 Å². The van der Waals surface area contributed by atoms with Crippen LogP contribution in [0.25, 0.3) is 0 Å². The summed E-state index contributed by atoms with van der Waals surface area (Å²) in [7, 11) is 0. The fourth-order valence-electron chi connectivity index (χ4n) is 4.18. The smallest absolute Gasteiger partial charge is 0.311 e. The number of azo groups is 1. The molecule has 202 valence electrons. The van der Waals surface area contributed by atoms with E-state index in [0.29, 0.717) is 35.5 Å². The lowest BCUT2D eigenvalue weighted by atomic mass is 10.0. The summed E-state index contributed by atoms with van der Waals surface area (Å²) >= 11 is 0. The molecule has 2 rings (SSSR count). The first kappa shape index (κ1) is 30.4. The topological polar surface area (TPSA) is 68.1 Å². The van der Waals surface area contributed by atoms with Gasteiger partial charge < -0.3 is 4.74 Å². The fraction of sp³-hybridized carbons (Fsp3) is 0.562. The average Bonchev–Trinajstić information content (AvgIpc) is 2.92. The lowest BCUT2D eigenvalue weighted by Gasteiger charge is -2.05. The Hall–Kier alpha value is -2.82. The van der Waals surface area contributed by atoms with Gasteiger partial charge in [0.2, 0.25) is 0 Å². The van der Waals surface area contributed by atoms with E-state index in [1.165, 1.54) is 64.2 Å². The normalized spacial score (nSPS) is 11.2. The maximum Gasteiger partial charge on any atom is 0.311 e. The minimum absolute atomic E-state index is 0.161. The van der Waals surface area contributed by atoms with E-state index in [0.717, 1.165) is 25.7 Å². The van der Waals surface area contributed by atoms with Crippen molar-refractivity contribution in [2.75, 3.05) is 0 Å². The van der Waals surface area contributed by atoms with Crippen LogP contribution < -0.4 is 4.74 Å². The summed E-state index contributed by atoms with van der Waals surface area (Å²) in [5.74, 6) is 0.502. The van der Waals surface area contributed by atoms with Gasteiger partial charge in [0, 0.05) is 18.4 Å². The number of hydrogen-bond donors (Lipinski definition) is 0. The first-order valence-corrected chi connectivity index (χ1v) is 14.5. The molecule has 0 unspecified atom stereocenters. The zero-order valence-electron chi connectivity index (χ0n) is 23.1. The number of esters is 1. The number of Topliss-reactive ketones (excluding diaryl/α,β-unsaturated/α-hetero) is 1. The van der Waals surface area contributed by atoms with Crippen LogP contribution in [0.5, 0.6) is 5.75 Å². The first-order chi connectivity index (χ1) is 18.1. The van der Waals surface area contributed by atoms with Crippen molar-refractivity contribution in [2.45, 2.75) is 117 Å². The number of unbranched alkanes of at least 4 members (excludes halogenated alkanes) is 12. The minimum Gasteiger partial charge on any atom is -0.427 e. The van der Waals surface area contributed by atoms with Gasteiger partial charge in [-0.25, -0.2) is 0 Å². The maximum absolute atomic E-state index is 12.1. The van der Waals surface area contributed by atoms with Crippen LogP contribution in [-0.2, 0) is 4.79 Å². The van der Waals surface area contributed by atoms with Crippen LogP contribution >= 0.6 is 0 Å². The Morgan fingerprint density at radius 2 is 1.03 bits per heavy atom. The highest BCUT2D eigenvalue weighted by atomic mass is 16.5. The van der Waals surface area contributed by atoms with E-state index in [-0.39, 0.29) is 11.8 Å². The SMILES string of the molecule is CCCCCCCCCCCCCCC(=O)Oc1ccc(N=Nc2ccc(C(=O)CCCC)cc2)cc1. The third kappa shape index (κ3) is 13.9. The fourth-order valence-corrected chi connectivity index (χ4v) is 4.18. The van der Waals surface area contributed by atoms with Crippen molar-refractivity contribution in [3.63, 3.8) is 0 Å². The van der Waals surface area contributed by atoms with Crippen LogP contribution in [0.3, 0.4) is 0 Å². The van der Waals surface area contributed by atoms with Crippen LogP contribution in [0.2, 0.25) is 0 Å². The summed E-state index contributed by atoms with van der Waals surface area (Å²) in [5, 5.41) is 8.47. The monoisotopic (exact) mass is 506 g/mol. The van der Waals surface area contributed by atoms with Gasteiger partial charge in [-0.05, 0) is 61.4 Å². The second-order valence-electron chi connectivity index (χ2n) is 9.88. The Balaban J connectivity index is 1.59. The van der Waals surface area contributed by atoms with Crippen LogP contribution in [0, 0.1) is 0 Å². The van der Waals surface area contributed by atoms with Gasteiger partial charge >= 0.3 is 5.97 Å². The van der Waals surface area contributed by atoms with Crippen molar-refractivity contribution >= 4 is 23.1 Å². The van der Waals surface area contributed by atoms with E-state index in [1.807, 2.05) is 0 Å². The molecule has 0 saturated heterocycles. The number of benzene rings is 2. The molecule has 2 aromatic rings. The average molecular weight is 507 g/mol. The van der Waals surface area contributed by atoms with Crippen molar-refractivity contribution in [3.8, 4) is 5.75 Å². The van der Waals surface area contributed by atoms with Crippen molar-refractivity contribution in [3.05, 3.63) is 54.1 Å². The molecule has 0 saturated carbocycles. The molecule has 2 aromatic carbocycles. The third-order valence-corrected chi connectivity index (χ3v) is 6.53. The number of rotatable bonds is 20. The van der Waals surface area contributed by atoms with E-state index >= 15 is 0 Å². The predicted octanol–water partition coefficient (Wildman–Crippen LogP) is 10.5. The highest BCUT2D eigenvalue weighted by Crippen LogP contribution is 2.22. The van der Waals surface area contributed by atoms with Gasteiger partial charge in [0.25, 0.3) is 0 Å². The minimum atomic E-state index is -0.185. The molecule has 0 amide bonds. The highest BCUT2D eigenvalue weighted by Gasteiger charge is 2.06. The predicted molar refractivity (Wildman–Crippen MR) is 152 cm³/mol. The van der Waals surface area contributed by atoms with Crippen molar-refractivity contribution < 1.29 is 14.3 Å². The zero-order chi connectivity index (χ0) is 26.6. The molecular weight excluding hydrogens is 460 g/mol. The molecule has 0 aliphatic rings. The molecule has 0 radical (unpaired) electrons. The largest absolute Gasteiger partial charge is 0.427 e. The number of hydrogen-bond acceptors (Lipinski definition) is 5. The van der Waals surface area contributed by atoms with E-state index < -0.39 is 0 Å². The van der Waals surface area contributed by atoms with Gasteiger partial charge in [0.1, 0.15) is 5.75 Å². The van der Waals surface area contributed by atoms with E-state index in [9.17, 15) is 9.59 Å². The molecule has 5 nitrogen and oxygen atoms in total. The summed E-state index contributed by atoms with van der Waals surface area (Å²) in [4.78, 5) is 24.2. The van der Waals surface area contributed by atoms with E-state index in [4.69, 9.17) is 4.74 Å². The molecule has 0 bridgehead atoms. The molecule has 0 atom stereocenters. The van der Waals surface area contributed by atoms with Crippen LogP contribution in [0.15, 0.2) is 58.8 Å². The maximum atomic E-state index is 12.1. The van der Waals surface area contributed by atoms with Crippen LogP contribution in [0.1, 0.15) is 127 Å². The number of nitrogens with zero attached hydrogens (tertiary/aromatic N) is 2. The van der Waals surface area contributed by atoms with Crippen LogP contribution in [0.4, 0.5) is 11.4 Å². The van der Waals surface area contributed by atoms with Crippen molar-refractivity contribution in [1.29, 1.82) is 0 Å². The summed E-state index contributed by atoms with van der Waals surface area (Å²) in [6.45, 7) is 4.34. The number of ether oxygens (including phenoxy) is 1. The lowest BCUT2D eigenvalue weighted by Crippen LogP contribution is -2.07.